The van der Waals surface area contributed by atoms with Gasteiger partial charge in [0.2, 0.25) is 0 Å². The van der Waals surface area contributed by atoms with Gasteiger partial charge in [0.15, 0.2) is 5.69 Å². The first-order valence-electron chi connectivity index (χ1n) is 10.8. The number of benzene rings is 2. The smallest absolute Gasteiger partial charge is 0.274 e. The molecule has 4 rings (SSSR count). The standard InChI is InChI=1S/C25H24ClN5O3/c1-3-31-15-22(23(30-31)25(33)27-11-12-34-2)29-24(32)19-14-21(16-7-6-8-17(26)13-16)28-20-10-5-4-9-18(19)20/h4-10,13-15H,3,11-12H2,1-2H3,(H,27,33)(H,29,32). The van der Waals surface area contributed by atoms with Crippen LogP contribution in [-0.4, -0.2) is 46.8 Å². The Balaban J connectivity index is 1.71. The van der Waals surface area contributed by atoms with Gasteiger partial charge >= 0.3 is 0 Å². The van der Waals surface area contributed by atoms with E-state index in [1.54, 1.807) is 36.2 Å². The van der Waals surface area contributed by atoms with Gasteiger partial charge in [-0.2, -0.15) is 5.10 Å². The Morgan fingerprint density at radius 2 is 1.91 bits per heavy atom. The van der Waals surface area contributed by atoms with Gasteiger partial charge in [0.25, 0.3) is 11.8 Å². The van der Waals surface area contributed by atoms with Gasteiger partial charge in [-0.25, -0.2) is 4.98 Å². The Morgan fingerprint density at radius 3 is 2.68 bits per heavy atom. The second-order valence-corrected chi connectivity index (χ2v) is 7.97. The Hall–Kier alpha value is -3.75. The molecule has 0 spiro atoms. The molecule has 0 atom stereocenters. The molecule has 0 saturated carbocycles. The molecule has 9 heteroatoms. The second-order valence-electron chi connectivity index (χ2n) is 7.53. The third-order valence-electron chi connectivity index (χ3n) is 5.22. The van der Waals surface area contributed by atoms with Gasteiger partial charge in [-0.15, -0.1) is 0 Å². The van der Waals surface area contributed by atoms with Crippen molar-refractivity contribution in [2.45, 2.75) is 13.5 Å². The summed E-state index contributed by atoms with van der Waals surface area (Å²) >= 11 is 6.17. The maximum absolute atomic E-state index is 13.5. The molecule has 174 valence electrons. The highest BCUT2D eigenvalue weighted by Crippen LogP contribution is 2.27. The summed E-state index contributed by atoms with van der Waals surface area (Å²) in [7, 11) is 1.56. The summed E-state index contributed by atoms with van der Waals surface area (Å²) in [4.78, 5) is 30.8. The normalized spacial score (nSPS) is 10.9. The van der Waals surface area contributed by atoms with Gasteiger partial charge in [0.1, 0.15) is 0 Å². The van der Waals surface area contributed by atoms with Crippen LogP contribution in [0.1, 0.15) is 27.8 Å². The monoisotopic (exact) mass is 477 g/mol. The zero-order valence-corrected chi connectivity index (χ0v) is 19.6. The van der Waals surface area contributed by atoms with Gasteiger partial charge in [-0.1, -0.05) is 41.9 Å². The number of nitrogens with one attached hydrogen (secondary N) is 2. The molecule has 0 saturated heterocycles. The highest BCUT2D eigenvalue weighted by molar-refractivity contribution is 6.30. The number of halogens is 1. The van der Waals surface area contributed by atoms with Gasteiger partial charge < -0.3 is 15.4 Å². The van der Waals surface area contributed by atoms with Crippen LogP contribution in [0.3, 0.4) is 0 Å². The van der Waals surface area contributed by atoms with Crippen LogP contribution >= 0.6 is 11.6 Å². The van der Waals surface area contributed by atoms with Crippen LogP contribution in [-0.2, 0) is 11.3 Å². The number of hydrogen-bond acceptors (Lipinski definition) is 5. The Labute approximate surface area is 201 Å². The van der Waals surface area contributed by atoms with Gasteiger partial charge in [0.05, 0.1) is 29.1 Å². The van der Waals surface area contributed by atoms with Crippen molar-refractivity contribution in [3.05, 3.63) is 77.1 Å². The lowest BCUT2D eigenvalue weighted by molar-refractivity contribution is 0.0932. The maximum atomic E-state index is 13.5. The highest BCUT2D eigenvalue weighted by Gasteiger charge is 2.21. The lowest BCUT2D eigenvalue weighted by atomic mass is 10.0. The van der Waals surface area contributed by atoms with Crippen LogP contribution in [0.4, 0.5) is 5.69 Å². The summed E-state index contributed by atoms with van der Waals surface area (Å²) in [5.74, 6) is -0.762. The molecule has 0 aliphatic carbocycles. The van der Waals surface area contributed by atoms with E-state index in [1.807, 2.05) is 43.3 Å². The van der Waals surface area contributed by atoms with Crippen LogP contribution in [0.25, 0.3) is 22.2 Å². The van der Waals surface area contributed by atoms with E-state index in [0.717, 1.165) is 5.56 Å². The molecule has 0 fully saturated rings. The number of aryl methyl sites for hydroxylation is 1. The third-order valence-corrected chi connectivity index (χ3v) is 5.46. The molecule has 2 aromatic carbocycles. The molecule has 34 heavy (non-hydrogen) atoms. The molecule has 8 nitrogen and oxygen atoms in total. The van der Waals surface area contributed by atoms with E-state index in [2.05, 4.69) is 15.7 Å². The number of anilines is 1. The summed E-state index contributed by atoms with van der Waals surface area (Å²) in [5, 5.41) is 11.2. The molecule has 2 aromatic heterocycles. The zero-order valence-electron chi connectivity index (χ0n) is 18.8. The van der Waals surface area contributed by atoms with Gasteiger partial charge in [-0.3, -0.25) is 14.3 Å². The third kappa shape index (κ3) is 5.08. The van der Waals surface area contributed by atoms with Crippen LogP contribution in [0.2, 0.25) is 5.02 Å². The number of methoxy groups -OCH3 is 1. The molecule has 2 heterocycles. The SMILES string of the molecule is CCn1cc(NC(=O)c2cc(-c3cccc(Cl)c3)nc3ccccc23)c(C(=O)NCCOC)n1. The first-order chi connectivity index (χ1) is 16.5. The molecule has 0 bridgehead atoms. The maximum Gasteiger partial charge on any atom is 0.274 e. The quantitative estimate of drug-likeness (QED) is 0.366. The van der Waals surface area contributed by atoms with Crippen molar-refractivity contribution in [1.29, 1.82) is 0 Å². The van der Waals surface area contributed by atoms with Crippen LogP contribution in [0.5, 0.6) is 0 Å². The van der Waals surface area contributed by atoms with E-state index >= 15 is 0 Å². The highest BCUT2D eigenvalue weighted by atomic mass is 35.5. The summed E-state index contributed by atoms with van der Waals surface area (Å²) < 4.78 is 6.58. The minimum atomic E-state index is -0.390. The number of amides is 2. The molecule has 0 aliphatic rings. The second kappa shape index (κ2) is 10.5. The number of ether oxygens (including phenoxy) is 1. The number of fused-ring (bicyclic) bond motifs is 1. The lowest BCUT2D eigenvalue weighted by Crippen LogP contribution is -2.28. The molecule has 2 N–H and O–H groups in total. The van der Waals surface area contributed by atoms with E-state index in [9.17, 15) is 9.59 Å². The first kappa shape index (κ1) is 23.4. The van der Waals surface area contributed by atoms with E-state index < -0.39 is 5.91 Å². The Morgan fingerprint density at radius 1 is 1.09 bits per heavy atom. The molecule has 0 unspecified atom stereocenters. The molecular formula is C25H24ClN5O3. The number of carbonyl (C=O) groups excluding carboxylic acids is 2. The minimum absolute atomic E-state index is 0.139. The van der Waals surface area contributed by atoms with Crippen molar-refractivity contribution in [2.24, 2.45) is 0 Å². The van der Waals surface area contributed by atoms with Gasteiger partial charge in [-0.05, 0) is 31.2 Å². The number of carbonyl (C=O) groups is 2. The topological polar surface area (TPSA) is 98.1 Å². The van der Waals surface area contributed by atoms with Crippen molar-refractivity contribution in [3.63, 3.8) is 0 Å². The van der Waals surface area contributed by atoms with Crippen molar-refractivity contribution in [2.75, 3.05) is 25.6 Å². The van der Waals surface area contributed by atoms with Crippen LogP contribution < -0.4 is 10.6 Å². The summed E-state index contributed by atoms with van der Waals surface area (Å²) in [6.45, 7) is 3.15. The molecule has 2 amide bonds. The minimum Gasteiger partial charge on any atom is -0.383 e. The van der Waals surface area contributed by atoms with Gasteiger partial charge in [0, 0.05) is 42.4 Å². The number of para-hydroxylation sites is 1. The van der Waals surface area contributed by atoms with Crippen LogP contribution in [0.15, 0.2) is 60.8 Å². The summed E-state index contributed by atoms with van der Waals surface area (Å²) in [5.41, 5.74) is 2.98. The molecule has 0 radical (unpaired) electrons. The summed E-state index contributed by atoms with van der Waals surface area (Å²) in [6.07, 6.45) is 1.64. The molecular weight excluding hydrogens is 454 g/mol. The Kier molecular flexibility index (Phi) is 7.20. The number of hydrogen-bond donors (Lipinski definition) is 2. The fraction of sp³-hybridized carbons (Fsp3) is 0.200. The number of aromatic nitrogens is 3. The Bertz CT molecular complexity index is 1350. The van der Waals surface area contributed by atoms with Crippen molar-refractivity contribution in [3.8, 4) is 11.3 Å². The average molecular weight is 478 g/mol. The number of pyridine rings is 1. The first-order valence-corrected chi connectivity index (χ1v) is 11.2. The molecule has 4 aromatic rings. The fourth-order valence-electron chi connectivity index (χ4n) is 3.54. The predicted octanol–water partition coefficient (Wildman–Crippen LogP) is 4.40. The van der Waals surface area contributed by atoms with Crippen molar-refractivity contribution >= 4 is 40.0 Å². The van der Waals surface area contributed by atoms with E-state index in [-0.39, 0.29) is 11.6 Å². The predicted molar refractivity (Wildman–Crippen MR) is 132 cm³/mol. The largest absolute Gasteiger partial charge is 0.383 e. The number of nitrogens with zero attached hydrogens (tertiary/aromatic N) is 3. The summed E-state index contributed by atoms with van der Waals surface area (Å²) in [6, 6.07) is 16.4. The van der Waals surface area contributed by atoms with E-state index in [1.165, 1.54) is 0 Å². The fourth-order valence-corrected chi connectivity index (χ4v) is 3.73. The van der Waals surface area contributed by atoms with E-state index in [0.29, 0.717) is 52.6 Å². The molecule has 0 aliphatic heterocycles. The van der Waals surface area contributed by atoms with Crippen molar-refractivity contribution < 1.29 is 14.3 Å². The van der Waals surface area contributed by atoms with E-state index in [4.69, 9.17) is 21.3 Å². The average Bonchev–Trinajstić information content (AvgIpc) is 3.26. The lowest BCUT2D eigenvalue weighted by Gasteiger charge is -2.11. The number of rotatable bonds is 8. The van der Waals surface area contributed by atoms with Crippen molar-refractivity contribution in [1.82, 2.24) is 20.1 Å². The zero-order chi connectivity index (χ0) is 24.1. The van der Waals surface area contributed by atoms with Crippen LogP contribution in [0, 0.1) is 0 Å².